The summed E-state index contributed by atoms with van der Waals surface area (Å²) in [5, 5.41) is 12.8. The van der Waals surface area contributed by atoms with Gasteiger partial charge in [-0.2, -0.15) is 0 Å². The van der Waals surface area contributed by atoms with Crippen molar-refractivity contribution in [2.45, 2.75) is 18.4 Å². The van der Waals surface area contributed by atoms with Crippen molar-refractivity contribution in [3.63, 3.8) is 0 Å². The maximum Gasteiger partial charge on any atom is 0.247 e. The van der Waals surface area contributed by atoms with Gasteiger partial charge in [0.05, 0.1) is 29.1 Å². The van der Waals surface area contributed by atoms with Crippen LogP contribution in [0.5, 0.6) is 5.75 Å². The van der Waals surface area contributed by atoms with Crippen LogP contribution in [0.25, 0.3) is 22.2 Å². The Balaban J connectivity index is 1.28. The average molecular weight is 555 g/mol. The zero-order valence-corrected chi connectivity index (χ0v) is 22.0. The van der Waals surface area contributed by atoms with Gasteiger partial charge in [0.2, 0.25) is 17.7 Å². The SMILES string of the molecule is O=C1CN(C(=O)[C@@]2(c3ccc(OCc4cc(-c5ccccc5)nc5ccccc45)c(F)c3)C[C@@H]2C(=O)NO)CCN1. The van der Waals surface area contributed by atoms with E-state index in [0.717, 1.165) is 27.7 Å². The Kier molecular flexibility index (Phi) is 6.84. The molecule has 208 valence electrons. The highest BCUT2D eigenvalue weighted by Gasteiger charge is 2.66. The second-order valence-corrected chi connectivity index (χ2v) is 10.3. The third-order valence-corrected chi connectivity index (χ3v) is 7.80. The van der Waals surface area contributed by atoms with Crippen molar-refractivity contribution in [1.29, 1.82) is 0 Å². The Morgan fingerprint density at radius 2 is 1.88 bits per heavy atom. The summed E-state index contributed by atoms with van der Waals surface area (Å²) in [5.41, 5.74) is 3.84. The Bertz CT molecular complexity index is 1660. The fourth-order valence-corrected chi connectivity index (χ4v) is 5.61. The molecule has 41 heavy (non-hydrogen) atoms. The van der Waals surface area contributed by atoms with E-state index in [1.165, 1.54) is 17.0 Å². The van der Waals surface area contributed by atoms with E-state index in [1.54, 1.807) is 11.5 Å². The normalized spacial score (nSPS) is 19.9. The highest BCUT2D eigenvalue weighted by Crippen LogP contribution is 2.56. The van der Waals surface area contributed by atoms with Crippen LogP contribution in [0.15, 0.2) is 78.9 Å². The number of para-hydroxylation sites is 1. The molecule has 2 atom stereocenters. The highest BCUT2D eigenvalue weighted by atomic mass is 19.1. The molecule has 2 heterocycles. The molecular formula is C31H27FN4O5. The van der Waals surface area contributed by atoms with Crippen molar-refractivity contribution >= 4 is 28.6 Å². The van der Waals surface area contributed by atoms with Gasteiger partial charge < -0.3 is 15.0 Å². The van der Waals surface area contributed by atoms with E-state index in [2.05, 4.69) is 5.32 Å². The number of nitrogens with zero attached hydrogens (tertiary/aromatic N) is 2. The summed E-state index contributed by atoms with van der Waals surface area (Å²) in [4.78, 5) is 43.9. The lowest BCUT2D eigenvalue weighted by molar-refractivity contribution is -0.142. The van der Waals surface area contributed by atoms with Crippen LogP contribution in [0.3, 0.4) is 0 Å². The van der Waals surface area contributed by atoms with Gasteiger partial charge in [-0.1, -0.05) is 54.6 Å². The van der Waals surface area contributed by atoms with Gasteiger partial charge in [0, 0.05) is 29.6 Å². The molecule has 2 fully saturated rings. The molecule has 6 rings (SSSR count). The molecule has 1 saturated heterocycles. The summed E-state index contributed by atoms with van der Waals surface area (Å²) in [6.45, 7) is 0.479. The number of carbonyl (C=O) groups is 3. The van der Waals surface area contributed by atoms with E-state index >= 15 is 4.39 Å². The van der Waals surface area contributed by atoms with Crippen LogP contribution in [-0.2, 0) is 26.4 Å². The third kappa shape index (κ3) is 4.87. The number of halogens is 1. The predicted octanol–water partition coefficient (Wildman–Crippen LogP) is 3.34. The number of nitrogens with one attached hydrogen (secondary N) is 2. The molecule has 0 radical (unpaired) electrons. The van der Waals surface area contributed by atoms with Gasteiger partial charge in [0.1, 0.15) is 6.61 Å². The zero-order chi connectivity index (χ0) is 28.6. The first-order valence-corrected chi connectivity index (χ1v) is 13.3. The van der Waals surface area contributed by atoms with Gasteiger partial charge in [0.15, 0.2) is 11.6 Å². The number of rotatable bonds is 7. The minimum Gasteiger partial charge on any atom is -0.486 e. The number of aromatic nitrogens is 1. The first-order valence-electron chi connectivity index (χ1n) is 13.3. The molecule has 0 spiro atoms. The summed E-state index contributed by atoms with van der Waals surface area (Å²) >= 11 is 0. The average Bonchev–Trinajstić information content (AvgIpc) is 3.77. The smallest absolute Gasteiger partial charge is 0.247 e. The molecule has 3 N–H and O–H groups in total. The third-order valence-electron chi connectivity index (χ3n) is 7.80. The molecule has 1 aromatic heterocycles. The molecule has 1 saturated carbocycles. The number of piperazine rings is 1. The lowest BCUT2D eigenvalue weighted by Gasteiger charge is -2.31. The minimum atomic E-state index is -1.38. The molecule has 0 unspecified atom stereocenters. The summed E-state index contributed by atoms with van der Waals surface area (Å²) in [6.07, 6.45) is 0.0846. The number of amides is 3. The quantitative estimate of drug-likeness (QED) is 0.238. The second-order valence-electron chi connectivity index (χ2n) is 10.3. The number of pyridine rings is 1. The fraction of sp³-hybridized carbons (Fsp3) is 0.226. The van der Waals surface area contributed by atoms with Gasteiger partial charge in [-0.25, -0.2) is 14.9 Å². The lowest BCUT2D eigenvalue weighted by atomic mass is 9.90. The Hall–Kier alpha value is -4.83. The first-order chi connectivity index (χ1) is 19.9. The number of ether oxygens (including phenoxy) is 1. The Morgan fingerprint density at radius 3 is 2.63 bits per heavy atom. The van der Waals surface area contributed by atoms with E-state index in [0.29, 0.717) is 0 Å². The molecular weight excluding hydrogens is 527 g/mol. The van der Waals surface area contributed by atoms with Crippen LogP contribution in [0.4, 0.5) is 4.39 Å². The molecule has 1 aliphatic carbocycles. The molecule has 1 aliphatic heterocycles. The van der Waals surface area contributed by atoms with Crippen LogP contribution in [0, 0.1) is 11.7 Å². The maximum atomic E-state index is 15.5. The summed E-state index contributed by atoms with van der Waals surface area (Å²) in [5.74, 6) is -3.10. The van der Waals surface area contributed by atoms with Crippen molar-refractivity contribution in [3.05, 3.63) is 95.8 Å². The van der Waals surface area contributed by atoms with Crippen LogP contribution < -0.4 is 15.5 Å². The van der Waals surface area contributed by atoms with Gasteiger partial charge in [0.25, 0.3) is 0 Å². The molecule has 3 aromatic carbocycles. The highest BCUT2D eigenvalue weighted by molar-refractivity contribution is 6.01. The summed E-state index contributed by atoms with van der Waals surface area (Å²) in [6, 6.07) is 23.5. The van der Waals surface area contributed by atoms with Gasteiger partial charge in [-0.05, 0) is 36.2 Å². The second kappa shape index (κ2) is 10.6. The minimum absolute atomic E-state index is 0.0142. The molecule has 3 amide bonds. The van der Waals surface area contributed by atoms with Crippen molar-refractivity contribution in [3.8, 4) is 17.0 Å². The van der Waals surface area contributed by atoms with Crippen molar-refractivity contribution < 1.29 is 28.7 Å². The maximum absolute atomic E-state index is 15.5. The van der Waals surface area contributed by atoms with Crippen LogP contribution in [-0.4, -0.2) is 52.4 Å². The van der Waals surface area contributed by atoms with Crippen LogP contribution >= 0.6 is 0 Å². The Labute approximate surface area is 234 Å². The number of hydrogen-bond donors (Lipinski definition) is 3. The number of hydroxylamine groups is 1. The van der Waals surface area contributed by atoms with Gasteiger partial charge >= 0.3 is 0 Å². The van der Waals surface area contributed by atoms with E-state index < -0.39 is 29.0 Å². The Morgan fingerprint density at radius 1 is 1.10 bits per heavy atom. The number of fused-ring (bicyclic) bond motifs is 1. The largest absolute Gasteiger partial charge is 0.486 e. The zero-order valence-electron chi connectivity index (χ0n) is 22.0. The number of carbonyl (C=O) groups excluding carboxylic acids is 3. The fourth-order valence-electron chi connectivity index (χ4n) is 5.61. The van der Waals surface area contributed by atoms with E-state index in [4.69, 9.17) is 9.72 Å². The molecule has 9 nitrogen and oxygen atoms in total. The first kappa shape index (κ1) is 26.4. The van der Waals surface area contributed by atoms with E-state index in [-0.39, 0.29) is 49.9 Å². The standard InChI is InChI=1S/C31H27FN4O5/c32-24-15-21(31(16-23(31)29(38)35-40)30(39)36-13-12-33-28(37)17-36)10-11-27(24)41-18-20-14-26(19-6-2-1-3-7-19)34-25-9-5-4-8-22(20)25/h1-11,14-15,23,40H,12-13,16-18H2,(H,33,37)(H,35,38)/t23-,31-/m1/s1. The monoisotopic (exact) mass is 554 g/mol. The van der Waals surface area contributed by atoms with Crippen molar-refractivity contribution in [2.24, 2.45) is 5.92 Å². The topological polar surface area (TPSA) is 121 Å². The van der Waals surface area contributed by atoms with E-state index in [9.17, 15) is 19.6 Å². The van der Waals surface area contributed by atoms with Crippen LogP contribution in [0.1, 0.15) is 17.5 Å². The van der Waals surface area contributed by atoms with Crippen molar-refractivity contribution in [2.75, 3.05) is 19.6 Å². The van der Waals surface area contributed by atoms with Crippen molar-refractivity contribution in [1.82, 2.24) is 20.7 Å². The van der Waals surface area contributed by atoms with Gasteiger partial charge in [-0.3, -0.25) is 19.6 Å². The van der Waals surface area contributed by atoms with Gasteiger partial charge in [-0.15, -0.1) is 0 Å². The molecule has 4 aromatic rings. The number of hydrogen-bond acceptors (Lipinski definition) is 6. The predicted molar refractivity (Wildman–Crippen MR) is 147 cm³/mol. The summed E-state index contributed by atoms with van der Waals surface area (Å²) < 4.78 is 21.4. The van der Waals surface area contributed by atoms with Crippen LogP contribution in [0.2, 0.25) is 0 Å². The van der Waals surface area contributed by atoms with E-state index in [1.807, 2.05) is 60.7 Å². The molecule has 10 heteroatoms. The molecule has 0 bridgehead atoms. The number of benzene rings is 3. The lowest BCUT2D eigenvalue weighted by Crippen LogP contribution is -2.53. The summed E-state index contributed by atoms with van der Waals surface area (Å²) in [7, 11) is 0. The molecule has 2 aliphatic rings.